The second kappa shape index (κ2) is 12.7. The Balaban J connectivity index is 1.13. The van der Waals surface area contributed by atoms with Gasteiger partial charge in [0.15, 0.2) is 5.76 Å². The van der Waals surface area contributed by atoms with E-state index >= 15 is 0 Å². The van der Waals surface area contributed by atoms with Crippen LogP contribution in [0.2, 0.25) is 0 Å². The third-order valence-electron chi connectivity index (χ3n) is 7.35. The Kier molecular flexibility index (Phi) is 8.69. The third-order valence-corrected chi connectivity index (χ3v) is 7.35. The maximum atomic E-state index is 12.7. The van der Waals surface area contributed by atoms with Crippen LogP contribution in [-0.2, 0) is 13.0 Å². The van der Waals surface area contributed by atoms with Gasteiger partial charge in [0, 0.05) is 32.2 Å². The van der Waals surface area contributed by atoms with E-state index in [1.165, 1.54) is 16.7 Å². The molecule has 1 aliphatic rings. The summed E-state index contributed by atoms with van der Waals surface area (Å²) in [7, 11) is 0. The van der Waals surface area contributed by atoms with Crippen LogP contribution in [0.4, 0.5) is 0 Å². The number of nitrogens with one attached hydrogen (secondary N) is 1. The first-order valence-electron chi connectivity index (χ1n) is 13.7. The first-order chi connectivity index (χ1) is 18.7. The van der Waals surface area contributed by atoms with Crippen LogP contribution >= 0.6 is 0 Å². The number of furan rings is 1. The van der Waals surface area contributed by atoms with Crippen LogP contribution in [0.25, 0.3) is 0 Å². The van der Waals surface area contributed by atoms with Gasteiger partial charge in [-0.25, -0.2) is 0 Å². The Morgan fingerprint density at radius 2 is 1.37 bits per heavy atom. The molecule has 1 unspecified atom stereocenters. The molecule has 1 N–H and O–H groups in total. The number of carbonyl (C=O) groups is 1. The number of piperazine rings is 1. The molecular weight excluding hydrogens is 470 g/mol. The quantitative estimate of drug-likeness (QED) is 0.289. The van der Waals surface area contributed by atoms with Gasteiger partial charge in [-0.05, 0) is 48.6 Å². The molecule has 3 aromatic carbocycles. The van der Waals surface area contributed by atoms with E-state index in [0.717, 1.165) is 44.8 Å². The Bertz CT molecular complexity index is 1230. The summed E-state index contributed by atoms with van der Waals surface area (Å²) in [4.78, 5) is 17.7. The largest absolute Gasteiger partial charge is 0.455 e. The summed E-state index contributed by atoms with van der Waals surface area (Å²) in [5.41, 5.74) is 3.94. The molecule has 0 saturated carbocycles. The van der Waals surface area contributed by atoms with Gasteiger partial charge in [-0.3, -0.25) is 14.6 Å². The second-order valence-corrected chi connectivity index (χ2v) is 10.2. The van der Waals surface area contributed by atoms with Gasteiger partial charge >= 0.3 is 0 Å². The lowest BCUT2D eigenvalue weighted by molar-refractivity contribution is 0.0890. The summed E-state index contributed by atoms with van der Waals surface area (Å²) in [6.07, 6.45) is 1.83. The number of aryl methyl sites for hydroxylation is 1. The van der Waals surface area contributed by atoms with Crippen molar-refractivity contribution in [2.75, 3.05) is 26.2 Å². The minimum absolute atomic E-state index is 0.0755. The molecule has 4 aromatic rings. The molecule has 0 spiro atoms. The number of amides is 1. The van der Waals surface area contributed by atoms with E-state index in [-0.39, 0.29) is 18.0 Å². The van der Waals surface area contributed by atoms with Crippen molar-refractivity contribution in [2.45, 2.75) is 38.4 Å². The highest BCUT2D eigenvalue weighted by atomic mass is 16.4. The monoisotopic (exact) mass is 507 g/mol. The average molecular weight is 508 g/mol. The Hall–Kier alpha value is -3.67. The van der Waals surface area contributed by atoms with Crippen molar-refractivity contribution in [1.29, 1.82) is 0 Å². The van der Waals surface area contributed by atoms with Gasteiger partial charge in [0.2, 0.25) is 0 Å². The molecule has 0 bridgehead atoms. The number of rotatable bonds is 10. The molecule has 38 heavy (non-hydrogen) atoms. The summed E-state index contributed by atoms with van der Waals surface area (Å²) in [5.74, 6) is 1.08. The minimum Gasteiger partial charge on any atom is -0.455 e. The van der Waals surface area contributed by atoms with Gasteiger partial charge in [-0.15, -0.1) is 0 Å². The number of hydrogen-bond acceptors (Lipinski definition) is 4. The first kappa shape index (κ1) is 26.0. The smallest absolute Gasteiger partial charge is 0.287 e. The van der Waals surface area contributed by atoms with E-state index in [9.17, 15) is 4.79 Å². The lowest BCUT2D eigenvalue weighted by atomic mass is 9.96. The van der Waals surface area contributed by atoms with E-state index in [1.807, 2.05) is 31.2 Å². The van der Waals surface area contributed by atoms with Crippen molar-refractivity contribution in [2.24, 2.45) is 0 Å². The van der Waals surface area contributed by atoms with Crippen LogP contribution in [0.1, 0.15) is 52.4 Å². The molecule has 1 amide bonds. The highest BCUT2D eigenvalue weighted by Crippen LogP contribution is 2.29. The van der Waals surface area contributed by atoms with Crippen molar-refractivity contribution in [3.05, 3.63) is 131 Å². The summed E-state index contributed by atoms with van der Waals surface area (Å²) in [5, 5.41) is 3.08. The maximum Gasteiger partial charge on any atom is 0.287 e. The zero-order valence-electron chi connectivity index (χ0n) is 22.1. The lowest BCUT2D eigenvalue weighted by Gasteiger charge is -2.39. The number of benzene rings is 3. The highest BCUT2D eigenvalue weighted by Gasteiger charge is 2.27. The highest BCUT2D eigenvalue weighted by molar-refractivity contribution is 5.91. The molecule has 1 atom stereocenters. The van der Waals surface area contributed by atoms with Gasteiger partial charge in [0.05, 0.1) is 12.6 Å². The molecule has 0 radical (unpaired) electrons. The molecule has 5 rings (SSSR count). The normalized spacial score (nSPS) is 15.4. The van der Waals surface area contributed by atoms with E-state index < -0.39 is 0 Å². The molecule has 1 fully saturated rings. The Morgan fingerprint density at radius 1 is 0.789 bits per heavy atom. The minimum atomic E-state index is -0.143. The molecule has 5 nitrogen and oxygen atoms in total. The fourth-order valence-electron chi connectivity index (χ4n) is 5.26. The SMILES string of the molecule is CC(CCc1ccccc1)NC(=O)c1ccc(CN2CCN(C(c3ccccc3)c3ccccc3)CC2)o1. The standard InChI is InChI=1S/C33H37N3O2/c1-26(17-18-27-11-5-2-6-12-27)34-33(37)31-20-19-30(38-31)25-35-21-23-36(24-22-35)32(28-13-7-3-8-14-28)29-15-9-4-10-16-29/h2-16,19-20,26,32H,17-18,21-25H2,1H3,(H,34,37). The maximum absolute atomic E-state index is 12.7. The summed E-state index contributed by atoms with van der Waals surface area (Å²) in [6, 6.07) is 36.0. The molecule has 1 saturated heterocycles. The van der Waals surface area contributed by atoms with E-state index in [0.29, 0.717) is 12.3 Å². The average Bonchev–Trinajstić information content (AvgIpc) is 3.43. The molecular formula is C33H37N3O2. The van der Waals surface area contributed by atoms with Crippen LogP contribution in [0.5, 0.6) is 0 Å². The summed E-state index contributed by atoms with van der Waals surface area (Å²) >= 11 is 0. The molecule has 2 heterocycles. The summed E-state index contributed by atoms with van der Waals surface area (Å²) < 4.78 is 5.96. The molecule has 1 aliphatic heterocycles. The van der Waals surface area contributed by atoms with Crippen LogP contribution in [0, 0.1) is 0 Å². The van der Waals surface area contributed by atoms with Crippen LogP contribution in [0.3, 0.4) is 0 Å². The molecule has 5 heteroatoms. The zero-order valence-corrected chi connectivity index (χ0v) is 22.1. The zero-order chi connectivity index (χ0) is 26.2. The predicted molar refractivity (Wildman–Crippen MR) is 152 cm³/mol. The van der Waals surface area contributed by atoms with Crippen LogP contribution in [0.15, 0.2) is 108 Å². The van der Waals surface area contributed by atoms with E-state index in [4.69, 9.17) is 4.42 Å². The van der Waals surface area contributed by atoms with Crippen LogP contribution < -0.4 is 5.32 Å². The number of carbonyl (C=O) groups excluding carboxylic acids is 1. The Morgan fingerprint density at radius 3 is 1.97 bits per heavy atom. The predicted octanol–water partition coefficient (Wildman–Crippen LogP) is 5.94. The van der Waals surface area contributed by atoms with Crippen molar-refractivity contribution in [3.63, 3.8) is 0 Å². The topological polar surface area (TPSA) is 48.7 Å². The van der Waals surface area contributed by atoms with Gasteiger partial charge in [-0.1, -0.05) is 91.0 Å². The van der Waals surface area contributed by atoms with Gasteiger partial charge in [-0.2, -0.15) is 0 Å². The van der Waals surface area contributed by atoms with Gasteiger partial charge in [0.1, 0.15) is 5.76 Å². The molecule has 0 aliphatic carbocycles. The van der Waals surface area contributed by atoms with Crippen molar-refractivity contribution in [3.8, 4) is 0 Å². The molecule has 1 aromatic heterocycles. The van der Waals surface area contributed by atoms with E-state index in [2.05, 4.69) is 87.9 Å². The van der Waals surface area contributed by atoms with Gasteiger partial charge in [0.25, 0.3) is 5.91 Å². The summed E-state index contributed by atoms with van der Waals surface area (Å²) in [6.45, 7) is 6.61. The third kappa shape index (κ3) is 6.80. The number of nitrogens with zero attached hydrogens (tertiary/aromatic N) is 2. The number of hydrogen-bond donors (Lipinski definition) is 1. The lowest BCUT2D eigenvalue weighted by Crippen LogP contribution is -2.47. The van der Waals surface area contributed by atoms with Gasteiger partial charge < -0.3 is 9.73 Å². The first-order valence-corrected chi connectivity index (χ1v) is 13.7. The van der Waals surface area contributed by atoms with E-state index in [1.54, 1.807) is 6.07 Å². The fraction of sp³-hybridized carbons (Fsp3) is 0.303. The van der Waals surface area contributed by atoms with Crippen molar-refractivity contribution >= 4 is 5.91 Å². The Labute approximate surface area is 226 Å². The second-order valence-electron chi connectivity index (χ2n) is 10.2. The molecule has 196 valence electrons. The fourth-order valence-corrected chi connectivity index (χ4v) is 5.26. The van der Waals surface area contributed by atoms with Crippen molar-refractivity contribution < 1.29 is 9.21 Å². The van der Waals surface area contributed by atoms with Crippen LogP contribution in [-0.4, -0.2) is 47.9 Å². The van der Waals surface area contributed by atoms with Crippen molar-refractivity contribution in [1.82, 2.24) is 15.1 Å².